The van der Waals surface area contributed by atoms with E-state index in [4.69, 9.17) is 14.2 Å². The zero-order valence-corrected chi connectivity index (χ0v) is 15.4. The van der Waals surface area contributed by atoms with Crippen molar-refractivity contribution in [3.8, 4) is 5.75 Å². The van der Waals surface area contributed by atoms with E-state index in [1.54, 1.807) is 7.11 Å². The first-order valence-corrected chi connectivity index (χ1v) is 9.17. The van der Waals surface area contributed by atoms with Gasteiger partial charge in [0.25, 0.3) is 0 Å². The number of unbranched alkanes of at least 4 members (excludes halogenated alkanes) is 1. The van der Waals surface area contributed by atoms with Gasteiger partial charge in [-0.1, -0.05) is 18.2 Å². The van der Waals surface area contributed by atoms with Crippen LogP contribution in [0.5, 0.6) is 5.75 Å². The van der Waals surface area contributed by atoms with Crippen molar-refractivity contribution in [2.45, 2.75) is 32.3 Å². The van der Waals surface area contributed by atoms with E-state index in [2.05, 4.69) is 34.7 Å². The Hall–Kier alpha value is -1.79. The Bertz CT molecular complexity index is 497. The first-order valence-electron chi connectivity index (χ1n) is 9.17. The predicted molar refractivity (Wildman–Crippen MR) is 100 cm³/mol. The molecule has 1 aliphatic rings. The number of methoxy groups -OCH3 is 1. The van der Waals surface area contributed by atoms with Crippen LogP contribution in [0, 0.1) is 0 Å². The van der Waals surface area contributed by atoms with Crippen LogP contribution in [0.1, 0.15) is 25.3 Å². The number of ether oxygens (including phenoxy) is 3. The van der Waals surface area contributed by atoms with Gasteiger partial charge >= 0.3 is 0 Å². The van der Waals surface area contributed by atoms with Gasteiger partial charge in [0.2, 0.25) is 0 Å². The molecule has 6 nitrogen and oxygen atoms in total. The van der Waals surface area contributed by atoms with Crippen molar-refractivity contribution in [2.24, 2.45) is 4.99 Å². The number of nitrogens with zero attached hydrogens (tertiary/aromatic N) is 1. The lowest BCUT2D eigenvalue weighted by atomic mass is 10.1. The molecule has 140 valence electrons. The minimum absolute atomic E-state index is 0.127. The van der Waals surface area contributed by atoms with E-state index < -0.39 is 0 Å². The predicted octanol–water partition coefficient (Wildman–Crippen LogP) is 1.99. The molecule has 2 rings (SSSR count). The van der Waals surface area contributed by atoms with Crippen molar-refractivity contribution in [1.82, 2.24) is 10.6 Å². The van der Waals surface area contributed by atoms with Crippen LogP contribution in [0.15, 0.2) is 29.3 Å². The van der Waals surface area contributed by atoms with Gasteiger partial charge in [-0.15, -0.1) is 0 Å². The van der Waals surface area contributed by atoms with Crippen LogP contribution in [0.3, 0.4) is 0 Å². The van der Waals surface area contributed by atoms with Crippen LogP contribution in [0.25, 0.3) is 0 Å². The van der Waals surface area contributed by atoms with Crippen molar-refractivity contribution in [1.29, 1.82) is 0 Å². The molecule has 0 aliphatic carbocycles. The fourth-order valence-electron chi connectivity index (χ4n) is 2.67. The standard InChI is InChI=1S/C19H31N3O3/c1-3-20-19(21-10-6-7-11-24-13-12-23-2)22-15-17-14-16-8-4-5-9-18(16)25-17/h4-5,8-9,17H,3,6-7,10-15H2,1-2H3,(H2,20,21,22). The summed E-state index contributed by atoms with van der Waals surface area (Å²) in [5.41, 5.74) is 1.27. The molecule has 0 saturated heterocycles. The Labute approximate surface area is 151 Å². The van der Waals surface area contributed by atoms with Gasteiger partial charge < -0.3 is 24.8 Å². The van der Waals surface area contributed by atoms with Gasteiger partial charge in [-0.2, -0.15) is 0 Å². The smallest absolute Gasteiger partial charge is 0.191 e. The van der Waals surface area contributed by atoms with E-state index in [9.17, 15) is 0 Å². The van der Waals surface area contributed by atoms with Gasteiger partial charge in [0, 0.05) is 33.2 Å². The topological polar surface area (TPSA) is 64.1 Å². The van der Waals surface area contributed by atoms with Crippen LogP contribution in [-0.2, 0) is 15.9 Å². The second-order valence-electron chi connectivity index (χ2n) is 6.01. The van der Waals surface area contributed by atoms with Crippen molar-refractivity contribution < 1.29 is 14.2 Å². The first-order chi connectivity index (χ1) is 12.3. The molecule has 25 heavy (non-hydrogen) atoms. The van der Waals surface area contributed by atoms with Crippen LogP contribution < -0.4 is 15.4 Å². The minimum atomic E-state index is 0.127. The minimum Gasteiger partial charge on any atom is -0.488 e. The third-order valence-electron chi connectivity index (χ3n) is 3.95. The lowest BCUT2D eigenvalue weighted by molar-refractivity contribution is 0.0689. The summed E-state index contributed by atoms with van der Waals surface area (Å²) >= 11 is 0. The van der Waals surface area contributed by atoms with Crippen LogP contribution in [0.2, 0.25) is 0 Å². The molecule has 6 heteroatoms. The van der Waals surface area contributed by atoms with E-state index in [-0.39, 0.29) is 6.10 Å². The molecule has 0 amide bonds. The first kappa shape index (κ1) is 19.5. The molecule has 0 aromatic heterocycles. The molecule has 2 N–H and O–H groups in total. The van der Waals surface area contributed by atoms with Crippen LogP contribution in [0.4, 0.5) is 0 Å². The number of benzene rings is 1. The number of nitrogens with one attached hydrogen (secondary N) is 2. The molecule has 1 aromatic rings. The summed E-state index contributed by atoms with van der Waals surface area (Å²) in [5.74, 6) is 1.84. The van der Waals surface area contributed by atoms with Crippen molar-refractivity contribution in [3.05, 3.63) is 29.8 Å². The molecule has 1 aromatic carbocycles. The second kappa shape index (κ2) is 11.7. The fourth-order valence-corrected chi connectivity index (χ4v) is 2.67. The van der Waals surface area contributed by atoms with Gasteiger partial charge in [-0.3, -0.25) is 0 Å². The number of guanidine groups is 1. The maximum atomic E-state index is 5.94. The molecule has 0 radical (unpaired) electrons. The van der Waals surface area contributed by atoms with Crippen LogP contribution in [-0.4, -0.2) is 58.6 Å². The Morgan fingerprint density at radius 1 is 1.20 bits per heavy atom. The number of hydrogen-bond acceptors (Lipinski definition) is 4. The van der Waals surface area contributed by atoms with Gasteiger partial charge in [-0.05, 0) is 31.4 Å². The van der Waals surface area contributed by atoms with E-state index in [1.807, 2.05) is 12.1 Å². The van der Waals surface area contributed by atoms with E-state index >= 15 is 0 Å². The second-order valence-corrected chi connectivity index (χ2v) is 6.01. The summed E-state index contributed by atoms with van der Waals surface area (Å²) < 4.78 is 16.3. The number of rotatable bonds is 11. The molecule has 1 atom stereocenters. The van der Waals surface area contributed by atoms with E-state index in [0.29, 0.717) is 19.8 Å². The summed E-state index contributed by atoms with van der Waals surface area (Å²) in [5, 5.41) is 6.65. The lowest BCUT2D eigenvalue weighted by Gasteiger charge is -2.13. The summed E-state index contributed by atoms with van der Waals surface area (Å²) in [6.07, 6.45) is 3.12. The lowest BCUT2D eigenvalue weighted by Crippen LogP contribution is -2.38. The maximum Gasteiger partial charge on any atom is 0.191 e. The molecule has 0 saturated carbocycles. The zero-order chi connectivity index (χ0) is 17.7. The van der Waals surface area contributed by atoms with Crippen molar-refractivity contribution in [2.75, 3.05) is 46.6 Å². The Morgan fingerprint density at radius 3 is 2.88 bits per heavy atom. The molecule has 1 aliphatic heterocycles. The van der Waals surface area contributed by atoms with Crippen LogP contribution >= 0.6 is 0 Å². The Balaban J connectivity index is 1.63. The maximum absolute atomic E-state index is 5.94. The van der Waals surface area contributed by atoms with E-state index in [1.165, 1.54) is 5.56 Å². The highest BCUT2D eigenvalue weighted by Gasteiger charge is 2.21. The molecule has 0 spiro atoms. The molecule has 0 bridgehead atoms. The Kier molecular flexibility index (Phi) is 9.15. The van der Waals surface area contributed by atoms with Gasteiger partial charge in [0.05, 0.1) is 19.8 Å². The van der Waals surface area contributed by atoms with Crippen molar-refractivity contribution in [3.63, 3.8) is 0 Å². The quantitative estimate of drug-likeness (QED) is 0.363. The average molecular weight is 349 g/mol. The number of aliphatic imine (C=N–C) groups is 1. The summed E-state index contributed by atoms with van der Waals surface area (Å²) in [6.45, 7) is 6.54. The molecule has 1 unspecified atom stereocenters. The van der Waals surface area contributed by atoms with E-state index in [0.717, 1.165) is 50.7 Å². The van der Waals surface area contributed by atoms with Gasteiger partial charge in [-0.25, -0.2) is 4.99 Å². The molecular formula is C19H31N3O3. The van der Waals surface area contributed by atoms with Gasteiger partial charge in [0.15, 0.2) is 5.96 Å². The Morgan fingerprint density at radius 2 is 2.08 bits per heavy atom. The fraction of sp³-hybridized carbons (Fsp3) is 0.632. The highest BCUT2D eigenvalue weighted by molar-refractivity contribution is 5.79. The highest BCUT2D eigenvalue weighted by Crippen LogP contribution is 2.28. The SMILES string of the molecule is CCNC(=NCC1Cc2ccccc2O1)NCCCCOCCOC. The molecule has 0 fully saturated rings. The third kappa shape index (κ3) is 7.32. The summed E-state index contributed by atoms with van der Waals surface area (Å²) in [4.78, 5) is 4.66. The normalized spacial score (nSPS) is 16.4. The monoisotopic (exact) mass is 349 g/mol. The highest BCUT2D eigenvalue weighted by atomic mass is 16.5. The number of para-hydroxylation sites is 1. The summed E-state index contributed by atoms with van der Waals surface area (Å²) in [7, 11) is 1.68. The summed E-state index contributed by atoms with van der Waals surface area (Å²) in [6, 6.07) is 8.21. The van der Waals surface area contributed by atoms with Crippen molar-refractivity contribution >= 4 is 5.96 Å². The molecule has 1 heterocycles. The zero-order valence-electron chi connectivity index (χ0n) is 15.4. The number of hydrogen-bond donors (Lipinski definition) is 2. The third-order valence-corrected chi connectivity index (χ3v) is 3.95. The van der Waals surface area contributed by atoms with Gasteiger partial charge in [0.1, 0.15) is 11.9 Å². The number of fused-ring (bicyclic) bond motifs is 1. The average Bonchev–Trinajstić information content (AvgIpc) is 3.04. The molecular weight excluding hydrogens is 318 g/mol. The largest absolute Gasteiger partial charge is 0.488 e.